The summed E-state index contributed by atoms with van der Waals surface area (Å²) in [7, 11) is 0. The largest absolute Gasteiger partial charge is 0.486 e. The van der Waals surface area contributed by atoms with Crippen molar-refractivity contribution in [3.05, 3.63) is 53.6 Å². The Balaban J connectivity index is 1.84. The zero-order valence-corrected chi connectivity index (χ0v) is 14.5. The summed E-state index contributed by atoms with van der Waals surface area (Å²) >= 11 is 0. The number of benzene rings is 2. The number of carbonyl (C=O) groups excluding carboxylic acids is 1. The summed E-state index contributed by atoms with van der Waals surface area (Å²) in [6, 6.07) is 13.8. The smallest absolute Gasteiger partial charge is 0.326 e. The second kappa shape index (κ2) is 6.95. The number of hydrogen-bond acceptors (Lipinski definition) is 2. The lowest BCUT2D eigenvalue weighted by Gasteiger charge is -2.34. The van der Waals surface area contributed by atoms with Gasteiger partial charge in [-0.1, -0.05) is 32.0 Å². The molecular weight excluding hydrogens is 300 g/mol. The highest BCUT2D eigenvalue weighted by molar-refractivity contribution is 6.03. The molecular formula is C20H24N2O2. The molecule has 1 aliphatic rings. The highest BCUT2D eigenvalue weighted by Gasteiger charge is 2.29. The first-order chi connectivity index (χ1) is 11.6. The lowest BCUT2D eigenvalue weighted by atomic mass is 10.1. The fraction of sp³-hybridized carbons (Fsp3) is 0.350. The van der Waals surface area contributed by atoms with Gasteiger partial charge in [0.2, 0.25) is 0 Å². The second-order valence-electron chi connectivity index (χ2n) is 6.21. The van der Waals surface area contributed by atoms with E-state index in [-0.39, 0.29) is 12.1 Å². The third-order valence-corrected chi connectivity index (χ3v) is 4.40. The van der Waals surface area contributed by atoms with Crippen molar-refractivity contribution in [2.75, 3.05) is 16.8 Å². The van der Waals surface area contributed by atoms with Crippen LogP contribution in [0.4, 0.5) is 16.2 Å². The number of urea groups is 1. The van der Waals surface area contributed by atoms with Crippen LogP contribution in [-0.4, -0.2) is 18.7 Å². The van der Waals surface area contributed by atoms with E-state index in [1.54, 1.807) is 4.90 Å². The fourth-order valence-electron chi connectivity index (χ4n) is 2.88. The summed E-state index contributed by atoms with van der Waals surface area (Å²) in [4.78, 5) is 14.6. The molecule has 1 atom stereocenters. The molecule has 0 saturated heterocycles. The molecule has 4 heteroatoms. The Bertz CT molecular complexity index is 725. The van der Waals surface area contributed by atoms with Gasteiger partial charge in [0, 0.05) is 5.69 Å². The molecule has 0 spiro atoms. The minimum atomic E-state index is -0.118. The van der Waals surface area contributed by atoms with Gasteiger partial charge in [-0.15, -0.1) is 0 Å². The topological polar surface area (TPSA) is 41.6 Å². The lowest BCUT2D eigenvalue weighted by Crippen LogP contribution is -2.45. The van der Waals surface area contributed by atoms with Crippen LogP contribution in [0.25, 0.3) is 0 Å². The number of aryl methyl sites for hydroxylation is 2. The molecule has 2 aromatic rings. The molecule has 2 amide bonds. The standard InChI is InChI=1S/C20H24N2O2/c1-4-15-7-9-16(10-8-15)21-20(23)22-13-17(5-2)24-19-11-6-14(3)12-18(19)22/h6-12,17H,4-5,13H2,1-3H3,(H,21,23). The van der Waals surface area contributed by atoms with Crippen molar-refractivity contribution < 1.29 is 9.53 Å². The van der Waals surface area contributed by atoms with E-state index in [9.17, 15) is 4.79 Å². The van der Waals surface area contributed by atoms with Gasteiger partial charge < -0.3 is 10.1 Å². The van der Waals surface area contributed by atoms with Gasteiger partial charge >= 0.3 is 6.03 Å². The van der Waals surface area contributed by atoms with Crippen molar-refractivity contribution >= 4 is 17.4 Å². The number of nitrogens with one attached hydrogen (secondary N) is 1. The minimum absolute atomic E-state index is 0.0217. The van der Waals surface area contributed by atoms with Crippen LogP contribution in [0.3, 0.4) is 0 Å². The van der Waals surface area contributed by atoms with Crippen molar-refractivity contribution in [2.45, 2.75) is 39.7 Å². The molecule has 2 aromatic carbocycles. The molecule has 4 nitrogen and oxygen atoms in total. The molecule has 1 heterocycles. The monoisotopic (exact) mass is 324 g/mol. The average molecular weight is 324 g/mol. The van der Waals surface area contributed by atoms with Crippen LogP contribution in [0.15, 0.2) is 42.5 Å². The van der Waals surface area contributed by atoms with Gasteiger partial charge in [0.1, 0.15) is 11.9 Å². The Morgan fingerprint density at radius 1 is 1.21 bits per heavy atom. The van der Waals surface area contributed by atoms with Crippen molar-refractivity contribution in [3.63, 3.8) is 0 Å². The quantitative estimate of drug-likeness (QED) is 0.884. The second-order valence-corrected chi connectivity index (χ2v) is 6.21. The number of nitrogens with zero attached hydrogens (tertiary/aromatic N) is 1. The van der Waals surface area contributed by atoms with Crippen LogP contribution in [-0.2, 0) is 6.42 Å². The highest BCUT2D eigenvalue weighted by atomic mass is 16.5. The van der Waals surface area contributed by atoms with Gasteiger partial charge in [0.25, 0.3) is 0 Å². The summed E-state index contributed by atoms with van der Waals surface area (Å²) in [6.45, 7) is 6.77. The zero-order valence-electron chi connectivity index (χ0n) is 14.5. The van der Waals surface area contributed by atoms with Crippen molar-refractivity contribution in [1.82, 2.24) is 0 Å². The number of ether oxygens (including phenoxy) is 1. The van der Waals surface area contributed by atoms with Gasteiger partial charge in [-0.25, -0.2) is 4.79 Å². The molecule has 1 N–H and O–H groups in total. The van der Waals surface area contributed by atoms with Crippen LogP contribution in [0.2, 0.25) is 0 Å². The molecule has 126 valence electrons. The van der Waals surface area contributed by atoms with Gasteiger partial charge in [-0.3, -0.25) is 4.90 Å². The third-order valence-electron chi connectivity index (χ3n) is 4.40. The van der Waals surface area contributed by atoms with Crippen LogP contribution in [0.5, 0.6) is 5.75 Å². The molecule has 0 bridgehead atoms. The van der Waals surface area contributed by atoms with Crippen molar-refractivity contribution in [3.8, 4) is 5.75 Å². The fourth-order valence-corrected chi connectivity index (χ4v) is 2.88. The molecule has 1 aliphatic heterocycles. The maximum atomic E-state index is 12.8. The molecule has 3 rings (SSSR count). The third kappa shape index (κ3) is 3.37. The van der Waals surface area contributed by atoms with E-state index in [2.05, 4.69) is 19.2 Å². The summed E-state index contributed by atoms with van der Waals surface area (Å²) < 4.78 is 5.98. The number of rotatable bonds is 3. The van der Waals surface area contributed by atoms with E-state index in [1.807, 2.05) is 49.4 Å². The van der Waals surface area contributed by atoms with Crippen LogP contribution in [0.1, 0.15) is 31.4 Å². The SMILES string of the molecule is CCc1ccc(NC(=O)N2CC(CC)Oc3ccc(C)cc32)cc1. The Morgan fingerprint density at radius 3 is 2.62 bits per heavy atom. The van der Waals surface area contributed by atoms with E-state index < -0.39 is 0 Å². The molecule has 1 unspecified atom stereocenters. The number of amides is 2. The summed E-state index contributed by atoms with van der Waals surface area (Å²) in [6.07, 6.45) is 1.87. The van der Waals surface area contributed by atoms with Gasteiger partial charge in [-0.05, 0) is 55.2 Å². The van der Waals surface area contributed by atoms with E-state index in [0.29, 0.717) is 6.54 Å². The van der Waals surface area contributed by atoms with E-state index in [0.717, 1.165) is 35.5 Å². The van der Waals surface area contributed by atoms with Gasteiger partial charge in [-0.2, -0.15) is 0 Å². The van der Waals surface area contributed by atoms with Crippen LogP contribution in [0, 0.1) is 6.92 Å². The maximum absolute atomic E-state index is 12.8. The van der Waals surface area contributed by atoms with E-state index >= 15 is 0 Å². The van der Waals surface area contributed by atoms with Gasteiger partial charge in [0.15, 0.2) is 0 Å². The highest BCUT2D eigenvalue weighted by Crippen LogP contribution is 2.35. The Labute approximate surface area is 143 Å². The Morgan fingerprint density at radius 2 is 1.96 bits per heavy atom. The molecule has 0 radical (unpaired) electrons. The first kappa shape index (κ1) is 16.4. The molecule has 0 fully saturated rings. The lowest BCUT2D eigenvalue weighted by molar-refractivity contribution is 0.188. The Kier molecular flexibility index (Phi) is 4.74. The predicted octanol–water partition coefficient (Wildman–Crippen LogP) is 4.77. The normalized spacial score (nSPS) is 16.3. The number of hydrogen-bond donors (Lipinski definition) is 1. The zero-order chi connectivity index (χ0) is 17.1. The Hall–Kier alpha value is -2.49. The predicted molar refractivity (Wildman–Crippen MR) is 98.1 cm³/mol. The molecule has 0 saturated carbocycles. The summed E-state index contributed by atoms with van der Waals surface area (Å²) in [5, 5.41) is 3.00. The van der Waals surface area contributed by atoms with Crippen molar-refractivity contribution in [1.29, 1.82) is 0 Å². The van der Waals surface area contributed by atoms with Crippen LogP contribution < -0.4 is 15.0 Å². The first-order valence-corrected chi connectivity index (χ1v) is 8.55. The number of anilines is 2. The summed E-state index contributed by atoms with van der Waals surface area (Å²) in [5.74, 6) is 0.773. The van der Waals surface area contributed by atoms with Crippen LogP contribution >= 0.6 is 0 Å². The minimum Gasteiger partial charge on any atom is -0.486 e. The summed E-state index contributed by atoms with van der Waals surface area (Å²) in [5.41, 5.74) is 4.01. The maximum Gasteiger partial charge on any atom is 0.326 e. The molecule has 0 aliphatic carbocycles. The number of carbonyl (C=O) groups is 1. The van der Waals surface area contributed by atoms with E-state index in [4.69, 9.17) is 4.74 Å². The first-order valence-electron chi connectivity index (χ1n) is 8.55. The average Bonchev–Trinajstić information content (AvgIpc) is 2.61. The molecule has 0 aromatic heterocycles. The van der Waals surface area contributed by atoms with E-state index in [1.165, 1.54) is 5.56 Å². The molecule has 24 heavy (non-hydrogen) atoms. The number of fused-ring (bicyclic) bond motifs is 1. The van der Waals surface area contributed by atoms with Crippen molar-refractivity contribution in [2.24, 2.45) is 0 Å². The van der Waals surface area contributed by atoms with Gasteiger partial charge in [0.05, 0.1) is 12.2 Å².